The first-order valence-electron chi connectivity index (χ1n) is 7.83. The minimum absolute atomic E-state index is 0.692. The molecule has 1 aliphatic heterocycles. The quantitative estimate of drug-likeness (QED) is 0.373. The maximum Gasteiger partial charge on any atom is 0.192 e. The van der Waals surface area contributed by atoms with Crippen molar-refractivity contribution in [3.8, 4) is 0 Å². The third-order valence-corrected chi connectivity index (χ3v) is 5.30. The molecule has 0 N–H and O–H groups in total. The lowest BCUT2D eigenvalue weighted by molar-refractivity contribution is 0.561. The highest BCUT2D eigenvalue weighted by atomic mass is 32.2. The molecule has 2 heterocycles. The Kier molecular flexibility index (Phi) is 2.94. The number of anilines is 3. The van der Waals surface area contributed by atoms with Crippen LogP contribution in [0.15, 0.2) is 80.9 Å². The Morgan fingerprint density at radius 2 is 1.54 bits per heavy atom. The average molecular weight is 330 g/mol. The largest absolute Gasteiger partial charge is 0.441 e. The molecule has 0 amide bonds. The van der Waals surface area contributed by atoms with Crippen LogP contribution in [0, 0.1) is 6.92 Å². The van der Waals surface area contributed by atoms with Gasteiger partial charge in [-0.05, 0) is 42.5 Å². The van der Waals surface area contributed by atoms with E-state index in [-0.39, 0.29) is 0 Å². The van der Waals surface area contributed by atoms with Crippen molar-refractivity contribution < 1.29 is 4.42 Å². The van der Waals surface area contributed by atoms with Crippen molar-refractivity contribution in [2.75, 3.05) is 4.90 Å². The molecule has 24 heavy (non-hydrogen) atoms. The molecule has 0 fully saturated rings. The maximum absolute atomic E-state index is 5.62. The Balaban J connectivity index is 1.76. The predicted octanol–water partition coefficient (Wildman–Crippen LogP) is 6.07. The summed E-state index contributed by atoms with van der Waals surface area (Å²) in [6.45, 7) is 1.88. The molecule has 3 nitrogen and oxygen atoms in total. The van der Waals surface area contributed by atoms with Crippen molar-refractivity contribution in [2.45, 2.75) is 16.7 Å². The number of nitrogens with zero attached hydrogens (tertiary/aromatic N) is 2. The summed E-state index contributed by atoms with van der Waals surface area (Å²) in [6, 6.07) is 23.2. The molecular weight excluding hydrogens is 316 g/mol. The molecule has 0 saturated carbocycles. The van der Waals surface area contributed by atoms with Crippen LogP contribution in [0.5, 0.6) is 0 Å². The van der Waals surface area contributed by atoms with E-state index in [2.05, 4.69) is 70.5 Å². The van der Waals surface area contributed by atoms with Gasteiger partial charge >= 0.3 is 0 Å². The van der Waals surface area contributed by atoms with Gasteiger partial charge in [0.1, 0.15) is 5.52 Å². The van der Waals surface area contributed by atoms with Crippen molar-refractivity contribution in [1.29, 1.82) is 0 Å². The van der Waals surface area contributed by atoms with Crippen LogP contribution in [0.2, 0.25) is 0 Å². The van der Waals surface area contributed by atoms with Gasteiger partial charge in [0, 0.05) is 22.4 Å². The number of aryl methyl sites for hydroxylation is 1. The number of oxazole rings is 1. The lowest BCUT2D eigenvalue weighted by atomic mass is 10.1. The molecule has 0 atom stereocenters. The summed E-state index contributed by atoms with van der Waals surface area (Å²) in [4.78, 5) is 9.29. The molecule has 0 spiro atoms. The van der Waals surface area contributed by atoms with Crippen molar-refractivity contribution >= 4 is 39.9 Å². The zero-order valence-corrected chi connectivity index (χ0v) is 13.9. The molecule has 3 aromatic carbocycles. The van der Waals surface area contributed by atoms with Crippen LogP contribution in [0.4, 0.5) is 17.1 Å². The van der Waals surface area contributed by atoms with Gasteiger partial charge in [-0.1, -0.05) is 36.0 Å². The molecule has 0 bridgehead atoms. The molecule has 0 unspecified atom stereocenters. The van der Waals surface area contributed by atoms with Gasteiger partial charge < -0.3 is 9.32 Å². The van der Waals surface area contributed by atoms with Crippen molar-refractivity contribution in [3.05, 3.63) is 72.6 Å². The van der Waals surface area contributed by atoms with Gasteiger partial charge in [0.05, 0.1) is 11.4 Å². The number of benzene rings is 3. The fourth-order valence-corrected chi connectivity index (χ4v) is 4.21. The minimum atomic E-state index is 0.692. The second-order valence-corrected chi connectivity index (χ2v) is 6.84. The summed E-state index contributed by atoms with van der Waals surface area (Å²) in [5.74, 6) is 0.692. The molecule has 0 saturated heterocycles. The summed E-state index contributed by atoms with van der Waals surface area (Å²) < 4.78 is 5.62. The molecule has 116 valence electrons. The summed E-state index contributed by atoms with van der Waals surface area (Å²) >= 11 is 1.81. The molecule has 0 radical (unpaired) electrons. The van der Waals surface area contributed by atoms with E-state index in [9.17, 15) is 0 Å². The minimum Gasteiger partial charge on any atom is -0.441 e. The summed E-state index contributed by atoms with van der Waals surface area (Å²) in [5.41, 5.74) is 5.19. The first-order chi connectivity index (χ1) is 11.8. The van der Waals surface area contributed by atoms with Gasteiger partial charge in [-0.3, -0.25) is 0 Å². The zero-order chi connectivity index (χ0) is 16.1. The molecular formula is C20H14N2OS. The molecule has 4 aromatic rings. The van der Waals surface area contributed by atoms with E-state index in [1.165, 1.54) is 21.2 Å². The molecule has 5 rings (SSSR count). The number of hydrogen-bond acceptors (Lipinski definition) is 4. The first kappa shape index (κ1) is 13.7. The highest BCUT2D eigenvalue weighted by Gasteiger charge is 2.24. The lowest BCUT2D eigenvalue weighted by Crippen LogP contribution is -2.14. The second kappa shape index (κ2) is 5.14. The first-order valence-corrected chi connectivity index (χ1v) is 8.64. The predicted molar refractivity (Wildman–Crippen MR) is 97.6 cm³/mol. The van der Waals surface area contributed by atoms with E-state index in [0.717, 1.165) is 16.8 Å². The van der Waals surface area contributed by atoms with Crippen LogP contribution in [0.25, 0.3) is 11.1 Å². The van der Waals surface area contributed by atoms with Crippen LogP contribution >= 0.6 is 11.8 Å². The number of aromatic nitrogens is 1. The van der Waals surface area contributed by atoms with E-state index in [1.807, 2.05) is 24.8 Å². The van der Waals surface area contributed by atoms with E-state index in [1.54, 1.807) is 0 Å². The van der Waals surface area contributed by atoms with Gasteiger partial charge in [0.2, 0.25) is 0 Å². The molecule has 1 aromatic heterocycles. The topological polar surface area (TPSA) is 29.3 Å². The van der Waals surface area contributed by atoms with Crippen molar-refractivity contribution in [2.24, 2.45) is 0 Å². The van der Waals surface area contributed by atoms with Crippen LogP contribution in [-0.2, 0) is 0 Å². The van der Waals surface area contributed by atoms with Gasteiger partial charge in [-0.2, -0.15) is 0 Å². The van der Waals surface area contributed by atoms with Crippen molar-refractivity contribution in [1.82, 2.24) is 4.98 Å². The third kappa shape index (κ3) is 2.03. The summed E-state index contributed by atoms with van der Waals surface area (Å²) in [6.07, 6.45) is 0. The highest BCUT2D eigenvalue weighted by Crippen LogP contribution is 2.51. The molecule has 0 aliphatic carbocycles. The third-order valence-electron chi connectivity index (χ3n) is 4.17. The Hall–Kier alpha value is -2.72. The number of rotatable bonds is 1. The van der Waals surface area contributed by atoms with Gasteiger partial charge in [-0.15, -0.1) is 0 Å². The summed E-state index contributed by atoms with van der Waals surface area (Å²) in [7, 11) is 0. The van der Waals surface area contributed by atoms with E-state index in [4.69, 9.17) is 4.42 Å². The van der Waals surface area contributed by atoms with Crippen LogP contribution < -0.4 is 4.90 Å². The average Bonchev–Trinajstić information content (AvgIpc) is 2.98. The SMILES string of the molecule is Cc1nc2cc(N3c4ccccc4Sc4ccccc43)ccc2o1. The van der Waals surface area contributed by atoms with Crippen LogP contribution in [0.1, 0.15) is 5.89 Å². The number of hydrogen-bond donors (Lipinski definition) is 0. The lowest BCUT2D eigenvalue weighted by Gasteiger charge is -2.32. The normalized spacial score (nSPS) is 13.0. The van der Waals surface area contributed by atoms with Crippen molar-refractivity contribution in [3.63, 3.8) is 0 Å². The zero-order valence-electron chi connectivity index (χ0n) is 13.1. The molecule has 1 aliphatic rings. The maximum atomic E-state index is 5.62. The standard InChI is InChI=1S/C20H14N2OS/c1-13-21-15-12-14(10-11-18(15)23-13)22-16-6-2-4-8-19(16)24-20-9-5-3-7-17(20)22/h2-12H,1H3. The molecule has 4 heteroatoms. The van der Waals surface area contributed by atoms with Gasteiger partial charge in [0.25, 0.3) is 0 Å². The van der Waals surface area contributed by atoms with E-state index >= 15 is 0 Å². The summed E-state index contributed by atoms with van der Waals surface area (Å²) in [5, 5.41) is 0. The highest BCUT2D eigenvalue weighted by molar-refractivity contribution is 7.99. The van der Waals surface area contributed by atoms with Gasteiger partial charge in [0.15, 0.2) is 11.5 Å². The number of fused-ring (bicyclic) bond motifs is 3. The Labute approximate surface area is 143 Å². The van der Waals surface area contributed by atoms with Crippen LogP contribution in [-0.4, -0.2) is 4.98 Å². The van der Waals surface area contributed by atoms with E-state index < -0.39 is 0 Å². The van der Waals surface area contributed by atoms with E-state index in [0.29, 0.717) is 5.89 Å². The Morgan fingerprint density at radius 3 is 2.25 bits per heavy atom. The van der Waals surface area contributed by atoms with Gasteiger partial charge in [-0.25, -0.2) is 4.98 Å². The smallest absolute Gasteiger partial charge is 0.192 e. The second-order valence-electron chi connectivity index (χ2n) is 5.76. The Bertz CT molecular complexity index is 1020. The van der Waals surface area contributed by atoms with Crippen LogP contribution in [0.3, 0.4) is 0 Å². The Morgan fingerprint density at radius 1 is 0.875 bits per heavy atom. The fraction of sp³-hybridized carbons (Fsp3) is 0.0500. The fourth-order valence-electron chi connectivity index (χ4n) is 3.15. The monoisotopic (exact) mass is 330 g/mol. The number of para-hydroxylation sites is 2.